The Morgan fingerprint density at radius 3 is 2.68 bits per heavy atom. The molecule has 0 saturated carbocycles. The topological polar surface area (TPSA) is 85.2 Å². The number of pyridine rings is 1. The Morgan fingerprint density at radius 2 is 2.16 bits per heavy atom. The number of primary amides is 1. The second kappa shape index (κ2) is 7.04. The van der Waals surface area contributed by atoms with Crippen LogP contribution in [0, 0.1) is 6.92 Å². The molecular weight excluding hydrogens is 260 g/mol. The Bertz CT molecular complexity index is 476. The normalized spacial score (nSPS) is 10.2. The van der Waals surface area contributed by atoms with Gasteiger partial charge in [-0.05, 0) is 25.0 Å². The SMILES string of the molecule is CCCCN(CC(N)=O)c1nccc(C)c1C(N)=S. The Labute approximate surface area is 119 Å². The molecule has 1 rings (SSSR count). The minimum atomic E-state index is -0.395. The molecule has 0 unspecified atom stereocenters. The molecule has 0 radical (unpaired) electrons. The zero-order valence-electron chi connectivity index (χ0n) is 11.3. The second-order valence-corrected chi connectivity index (χ2v) is 4.87. The quantitative estimate of drug-likeness (QED) is 0.731. The van der Waals surface area contributed by atoms with Crippen LogP contribution < -0.4 is 16.4 Å². The molecule has 0 fully saturated rings. The lowest BCUT2D eigenvalue weighted by Gasteiger charge is -2.25. The number of carbonyl (C=O) groups is 1. The van der Waals surface area contributed by atoms with Gasteiger partial charge in [-0.15, -0.1) is 0 Å². The Hall–Kier alpha value is -1.69. The fourth-order valence-corrected chi connectivity index (χ4v) is 2.14. The predicted molar refractivity (Wildman–Crippen MR) is 81.2 cm³/mol. The highest BCUT2D eigenvalue weighted by atomic mass is 32.1. The smallest absolute Gasteiger partial charge is 0.236 e. The molecule has 0 spiro atoms. The van der Waals surface area contributed by atoms with Gasteiger partial charge in [0.1, 0.15) is 10.8 Å². The van der Waals surface area contributed by atoms with Crippen LogP contribution in [0.15, 0.2) is 12.3 Å². The molecule has 0 bridgehead atoms. The number of nitrogens with zero attached hydrogens (tertiary/aromatic N) is 2. The first-order chi connectivity index (χ1) is 8.97. The van der Waals surface area contributed by atoms with E-state index >= 15 is 0 Å². The number of carbonyl (C=O) groups excluding carboxylic acids is 1. The fraction of sp³-hybridized carbons (Fsp3) is 0.462. The average molecular weight is 280 g/mol. The zero-order valence-corrected chi connectivity index (χ0v) is 12.2. The van der Waals surface area contributed by atoms with Crippen LogP contribution in [0.1, 0.15) is 30.9 Å². The van der Waals surface area contributed by atoms with E-state index < -0.39 is 5.91 Å². The van der Waals surface area contributed by atoms with Crippen LogP contribution in [0.3, 0.4) is 0 Å². The molecule has 1 aromatic rings. The van der Waals surface area contributed by atoms with Crippen LogP contribution in [0.2, 0.25) is 0 Å². The Morgan fingerprint density at radius 1 is 1.47 bits per heavy atom. The van der Waals surface area contributed by atoms with Crippen molar-refractivity contribution < 1.29 is 4.79 Å². The number of amides is 1. The van der Waals surface area contributed by atoms with E-state index in [4.69, 9.17) is 23.7 Å². The molecule has 104 valence electrons. The number of hydrogen-bond acceptors (Lipinski definition) is 4. The number of thiocarbonyl (C=S) groups is 1. The monoisotopic (exact) mass is 280 g/mol. The van der Waals surface area contributed by atoms with Crippen LogP contribution in [0.5, 0.6) is 0 Å². The maximum atomic E-state index is 11.2. The molecule has 0 atom stereocenters. The third-order valence-electron chi connectivity index (χ3n) is 2.81. The molecular formula is C13H20N4OS. The molecule has 0 aromatic carbocycles. The highest BCUT2D eigenvalue weighted by Crippen LogP contribution is 2.21. The number of rotatable bonds is 7. The predicted octanol–water partition coefficient (Wildman–Crippen LogP) is 1.12. The molecule has 19 heavy (non-hydrogen) atoms. The molecule has 0 aliphatic rings. The number of hydrogen-bond donors (Lipinski definition) is 2. The maximum Gasteiger partial charge on any atom is 0.236 e. The van der Waals surface area contributed by atoms with Crippen LogP contribution in [0.25, 0.3) is 0 Å². The summed E-state index contributed by atoms with van der Waals surface area (Å²) in [4.78, 5) is 17.6. The number of anilines is 1. The van der Waals surface area contributed by atoms with E-state index in [2.05, 4.69) is 11.9 Å². The minimum Gasteiger partial charge on any atom is -0.389 e. The third kappa shape index (κ3) is 4.17. The van der Waals surface area contributed by atoms with E-state index in [1.807, 2.05) is 17.9 Å². The summed E-state index contributed by atoms with van der Waals surface area (Å²) in [5.74, 6) is 0.244. The lowest BCUT2D eigenvalue weighted by atomic mass is 10.1. The molecule has 5 nitrogen and oxygen atoms in total. The number of aromatic nitrogens is 1. The maximum absolute atomic E-state index is 11.2. The molecule has 1 amide bonds. The first-order valence-electron chi connectivity index (χ1n) is 6.26. The summed E-state index contributed by atoms with van der Waals surface area (Å²) in [6, 6.07) is 1.85. The largest absolute Gasteiger partial charge is 0.389 e. The van der Waals surface area contributed by atoms with E-state index in [0.717, 1.165) is 24.0 Å². The number of unbranched alkanes of at least 4 members (excludes halogenated alkanes) is 1. The van der Waals surface area contributed by atoms with Gasteiger partial charge in [0.15, 0.2) is 0 Å². The first-order valence-corrected chi connectivity index (χ1v) is 6.66. The van der Waals surface area contributed by atoms with Gasteiger partial charge in [0.05, 0.1) is 12.1 Å². The van der Waals surface area contributed by atoms with Gasteiger partial charge in [0.2, 0.25) is 5.91 Å². The molecule has 1 heterocycles. The van der Waals surface area contributed by atoms with Gasteiger partial charge in [-0.3, -0.25) is 4.79 Å². The van der Waals surface area contributed by atoms with Crippen molar-refractivity contribution in [3.05, 3.63) is 23.4 Å². The number of nitrogens with two attached hydrogens (primary N) is 2. The Balaban J connectivity index is 3.16. The standard InChI is InChI=1S/C13H20N4OS/c1-3-4-7-17(8-10(14)18)13-11(12(15)19)9(2)5-6-16-13/h5-6H,3-4,7-8H2,1-2H3,(H2,14,18)(H2,15,19). The van der Waals surface area contributed by atoms with Crippen LogP contribution in [-0.2, 0) is 4.79 Å². The van der Waals surface area contributed by atoms with E-state index in [1.54, 1.807) is 6.20 Å². The van der Waals surface area contributed by atoms with E-state index in [9.17, 15) is 4.79 Å². The second-order valence-electron chi connectivity index (χ2n) is 4.43. The van der Waals surface area contributed by atoms with Gasteiger partial charge in [0, 0.05) is 12.7 Å². The van der Waals surface area contributed by atoms with Crippen LogP contribution in [0.4, 0.5) is 5.82 Å². The van der Waals surface area contributed by atoms with Crippen molar-refractivity contribution in [2.75, 3.05) is 18.0 Å². The average Bonchev–Trinajstić information content (AvgIpc) is 2.33. The van der Waals surface area contributed by atoms with Crippen molar-refractivity contribution in [1.29, 1.82) is 0 Å². The fourth-order valence-electron chi connectivity index (χ4n) is 1.89. The van der Waals surface area contributed by atoms with Crippen molar-refractivity contribution in [3.8, 4) is 0 Å². The van der Waals surface area contributed by atoms with Crippen LogP contribution >= 0.6 is 12.2 Å². The van der Waals surface area contributed by atoms with Crippen molar-refractivity contribution in [2.45, 2.75) is 26.7 Å². The van der Waals surface area contributed by atoms with Gasteiger partial charge in [-0.25, -0.2) is 4.98 Å². The zero-order chi connectivity index (χ0) is 14.4. The number of aryl methyl sites for hydroxylation is 1. The van der Waals surface area contributed by atoms with E-state index in [0.29, 0.717) is 12.4 Å². The van der Waals surface area contributed by atoms with Gasteiger partial charge < -0.3 is 16.4 Å². The molecule has 0 saturated heterocycles. The molecule has 4 N–H and O–H groups in total. The molecule has 0 aliphatic carbocycles. The third-order valence-corrected chi connectivity index (χ3v) is 3.02. The van der Waals surface area contributed by atoms with Gasteiger partial charge in [-0.2, -0.15) is 0 Å². The summed E-state index contributed by atoms with van der Waals surface area (Å²) in [6.07, 6.45) is 3.65. The summed E-state index contributed by atoms with van der Waals surface area (Å²) in [6.45, 7) is 4.82. The van der Waals surface area contributed by atoms with Gasteiger partial charge in [0.25, 0.3) is 0 Å². The first kappa shape index (κ1) is 15.4. The van der Waals surface area contributed by atoms with Crippen molar-refractivity contribution in [2.24, 2.45) is 11.5 Å². The summed E-state index contributed by atoms with van der Waals surface area (Å²) in [5, 5.41) is 0. The summed E-state index contributed by atoms with van der Waals surface area (Å²) in [5.41, 5.74) is 12.7. The van der Waals surface area contributed by atoms with E-state index in [1.165, 1.54) is 0 Å². The molecule has 1 aromatic heterocycles. The summed E-state index contributed by atoms with van der Waals surface area (Å²) < 4.78 is 0. The molecule has 0 aliphatic heterocycles. The van der Waals surface area contributed by atoms with Crippen molar-refractivity contribution in [3.63, 3.8) is 0 Å². The summed E-state index contributed by atoms with van der Waals surface area (Å²) in [7, 11) is 0. The lowest BCUT2D eigenvalue weighted by Crippen LogP contribution is -2.36. The minimum absolute atomic E-state index is 0.117. The van der Waals surface area contributed by atoms with Crippen LogP contribution in [-0.4, -0.2) is 29.0 Å². The van der Waals surface area contributed by atoms with E-state index in [-0.39, 0.29) is 11.5 Å². The summed E-state index contributed by atoms with van der Waals surface area (Å²) >= 11 is 5.08. The highest BCUT2D eigenvalue weighted by Gasteiger charge is 2.17. The van der Waals surface area contributed by atoms with Gasteiger partial charge in [-0.1, -0.05) is 25.6 Å². The molecule has 6 heteroatoms. The Kier molecular flexibility index (Phi) is 5.69. The highest BCUT2D eigenvalue weighted by molar-refractivity contribution is 7.80. The lowest BCUT2D eigenvalue weighted by molar-refractivity contribution is -0.116. The van der Waals surface area contributed by atoms with Gasteiger partial charge >= 0.3 is 0 Å². The van der Waals surface area contributed by atoms with Crippen molar-refractivity contribution >= 4 is 28.9 Å². The van der Waals surface area contributed by atoms with Crippen molar-refractivity contribution in [1.82, 2.24) is 4.98 Å².